The Morgan fingerprint density at radius 2 is 1.12 bits per heavy atom. The van der Waals surface area contributed by atoms with Crippen LogP contribution in [-0.4, -0.2) is 118 Å². The maximum Gasteiger partial charge on any atom is 2.00 e. The number of carbonyl (C=O) groups excluding carboxylic acids is 2. The van der Waals surface area contributed by atoms with Crippen molar-refractivity contribution >= 4 is 49.7 Å². The molecule has 0 aromatic rings. The molecule has 25 heavy (non-hydrogen) atoms. The summed E-state index contributed by atoms with van der Waals surface area (Å²) >= 11 is 0. The summed E-state index contributed by atoms with van der Waals surface area (Å²) in [6.07, 6.45) is -5.76. The molecule has 13 heteroatoms. The SMILES string of the molecule is O=C1OC(C(O)CO)C(O)=C1[O-].O=C1OC(C(O)CO)C(O)=C1[O-].[Ca+2]. The zero-order valence-electron chi connectivity index (χ0n) is 12.6. The molecule has 0 bridgehead atoms. The normalized spacial score (nSPS) is 24.8. The van der Waals surface area contributed by atoms with Gasteiger partial charge in [-0.1, -0.05) is 0 Å². The Balaban J connectivity index is 0.000000443. The van der Waals surface area contributed by atoms with E-state index in [1.807, 2.05) is 0 Å². The van der Waals surface area contributed by atoms with Crippen molar-refractivity contribution in [3.8, 4) is 0 Å². The van der Waals surface area contributed by atoms with Gasteiger partial charge in [-0.15, -0.1) is 0 Å². The topological polar surface area (TPSA) is 220 Å². The summed E-state index contributed by atoms with van der Waals surface area (Å²) in [5.41, 5.74) is 0. The molecule has 4 unspecified atom stereocenters. The fraction of sp³-hybridized carbons (Fsp3) is 0.500. The second-order valence-electron chi connectivity index (χ2n) is 4.58. The predicted octanol–water partition coefficient (Wildman–Crippen LogP) is -5.59. The van der Waals surface area contributed by atoms with Crippen molar-refractivity contribution in [2.24, 2.45) is 0 Å². The molecule has 0 aliphatic carbocycles. The third-order valence-electron chi connectivity index (χ3n) is 2.92. The van der Waals surface area contributed by atoms with Crippen LogP contribution in [0.25, 0.3) is 0 Å². The monoisotopic (exact) mass is 390 g/mol. The Bertz CT molecular complexity index is 520. The largest absolute Gasteiger partial charge is 2.00 e. The van der Waals surface area contributed by atoms with Crippen molar-refractivity contribution < 1.29 is 59.9 Å². The van der Waals surface area contributed by atoms with E-state index in [0.29, 0.717) is 0 Å². The summed E-state index contributed by atoms with van der Waals surface area (Å²) in [5, 5.41) is 73.5. The van der Waals surface area contributed by atoms with Gasteiger partial charge in [0, 0.05) is 11.5 Å². The first kappa shape index (κ1) is 23.7. The van der Waals surface area contributed by atoms with E-state index >= 15 is 0 Å². The zero-order valence-corrected chi connectivity index (χ0v) is 14.8. The standard InChI is InChI=1S/2C6H8O6.Ca/c2*7-1-2(8)5-3(9)4(10)6(11)12-5;/h2*2,5,7-10H,1H2;/q;;+2/p-2. The summed E-state index contributed by atoms with van der Waals surface area (Å²) in [6, 6.07) is 0. The molecule has 136 valence electrons. The molecule has 0 aromatic carbocycles. The van der Waals surface area contributed by atoms with Gasteiger partial charge in [0.25, 0.3) is 0 Å². The molecule has 2 heterocycles. The fourth-order valence-corrected chi connectivity index (χ4v) is 1.63. The van der Waals surface area contributed by atoms with Crippen molar-refractivity contribution in [3.05, 3.63) is 23.0 Å². The number of carbonyl (C=O) groups is 2. The van der Waals surface area contributed by atoms with E-state index in [2.05, 4.69) is 9.47 Å². The van der Waals surface area contributed by atoms with Crippen LogP contribution in [0.2, 0.25) is 0 Å². The molecular weight excluding hydrogens is 376 g/mol. The first-order valence-corrected chi connectivity index (χ1v) is 6.35. The summed E-state index contributed by atoms with van der Waals surface area (Å²) in [7, 11) is 0. The summed E-state index contributed by atoms with van der Waals surface area (Å²) < 4.78 is 8.51. The number of rotatable bonds is 4. The number of ether oxygens (including phenoxy) is 2. The van der Waals surface area contributed by atoms with Crippen LogP contribution in [0.5, 0.6) is 0 Å². The average molecular weight is 390 g/mol. The van der Waals surface area contributed by atoms with Gasteiger partial charge in [0.05, 0.1) is 13.2 Å². The second kappa shape index (κ2) is 10.0. The van der Waals surface area contributed by atoms with Crippen LogP contribution in [-0.2, 0) is 19.1 Å². The zero-order chi connectivity index (χ0) is 18.6. The van der Waals surface area contributed by atoms with Gasteiger partial charge in [0.15, 0.2) is 12.2 Å². The molecule has 0 saturated heterocycles. The van der Waals surface area contributed by atoms with Gasteiger partial charge in [0.1, 0.15) is 23.7 Å². The number of aliphatic hydroxyl groups is 6. The minimum Gasteiger partial charge on any atom is -0.865 e. The molecule has 12 nitrogen and oxygen atoms in total. The molecule has 0 spiro atoms. The van der Waals surface area contributed by atoms with E-state index in [9.17, 15) is 19.8 Å². The predicted molar refractivity (Wildman–Crippen MR) is 71.0 cm³/mol. The Morgan fingerprint density at radius 1 is 0.840 bits per heavy atom. The maximum absolute atomic E-state index is 10.6. The molecule has 0 amide bonds. The van der Waals surface area contributed by atoms with Crippen LogP contribution < -0.4 is 10.2 Å². The molecule has 2 aliphatic heterocycles. The Hall–Kier alpha value is -1.28. The van der Waals surface area contributed by atoms with Crippen molar-refractivity contribution in [3.63, 3.8) is 0 Å². The van der Waals surface area contributed by atoms with Gasteiger partial charge in [0.2, 0.25) is 0 Å². The van der Waals surface area contributed by atoms with Crippen LogP contribution in [0, 0.1) is 0 Å². The van der Waals surface area contributed by atoms with E-state index in [1.54, 1.807) is 0 Å². The van der Waals surface area contributed by atoms with Crippen molar-refractivity contribution in [2.75, 3.05) is 13.2 Å². The van der Waals surface area contributed by atoms with Gasteiger partial charge in [-0.25, -0.2) is 9.59 Å². The van der Waals surface area contributed by atoms with Crippen molar-refractivity contribution in [1.29, 1.82) is 0 Å². The smallest absolute Gasteiger partial charge is 0.865 e. The average Bonchev–Trinajstić information content (AvgIpc) is 2.98. The van der Waals surface area contributed by atoms with Crippen molar-refractivity contribution in [2.45, 2.75) is 24.4 Å². The van der Waals surface area contributed by atoms with Gasteiger partial charge in [-0.2, -0.15) is 0 Å². The van der Waals surface area contributed by atoms with Crippen molar-refractivity contribution in [1.82, 2.24) is 0 Å². The Kier molecular flexibility index (Phi) is 9.50. The molecule has 2 aliphatic rings. The number of esters is 2. The third-order valence-corrected chi connectivity index (χ3v) is 2.92. The number of aliphatic hydroxyl groups excluding tert-OH is 6. The van der Waals surface area contributed by atoms with E-state index in [0.717, 1.165) is 0 Å². The van der Waals surface area contributed by atoms with E-state index in [4.69, 9.17) is 30.6 Å². The van der Waals surface area contributed by atoms with Gasteiger partial charge in [-0.05, 0) is 0 Å². The fourth-order valence-electron chi connectivity index (χ4n) is 1.63. The first-order chi connectivity index (χ1) is 11.1. The number of hydrogen-bond donors (Lipinski definition) is 6. The summed E-state index contributed by atoms with van der Waals surface area (Å²) in [6.45, 7) is -1.40. The second-order valence-corrected chi connectivity index (χ2v) is 4.58. The minimum absolute atomic E-state index is 0. The van der Waals surface area contributed by atoms with Crippen LogP contribution in [0.1, 0.15) is 0 Å². The van der Waals surface area contributed by atoms with Gasteiger partial charge < -0.3 is 50.3 Å². The molecule has 0 saturated carbocycles. The molecule has 6 N–H and O–H groups in total. The van der Waals surface area contributed by atoms with Crippen LogP contribution in [0.3, 0.4) is 0 Å². The molecular formula is C12H14CaO12. The molecule has 0 radical (unpaired) electrons. The minimum atomic E-state index is -1.46. The molecule has 2 rings (SSSR count). The molecule has 0 aromatic heterocycles. The Labute approximate surface area is 169 Å². The summed E-state index contributed by atoms with van der Waals surface area (Å²) in [4.78, 5) is 20.9. The van der Waals surface area contributed by atoms with Crippen LogP contribution in [0.15, 0.2) is 23.0 Å². The third kappa shape index (κ3) is 5.34. The quantitative estimate of drug-likeness (QED) is 0.195. The van der Waals surface area contributed by atoms with Gasteiger partial charge in [-0.3, -0.25) is 0 Å². The number of hydrogen-bond acceptors (Lipinski definition) is 12. The Morgan fingerprint density at radius 3 is 1.28 bits per heavy atom. The van der Waals surface area contributed by atoms with Crippen LogP contribution >= 0.6 is 0 Å². The molecule has 0 fully saturated rings. The summed E-state index contributed by atoms with van der Waals surface area (Å²) in [5.74, 6) is -6.50. The van der Waals surface area contributed by atoms with E-state index in [-0.39, 0.29) is 37.7 Å². The van der Waals surface area contributed by atoms with E-state index in [1.165, 1.54) is 0 Å². The number of cyclic esters (lactones) is 2. The molecule has 4 atom stereocenters. The van der Waals surface area contributed by atoms with E-state index < -0.39 is 72.6 Å². The maximum atomic E-state index is 10.6. The first-order valence-electron chi connectivity index (χ1n) is 6.35. The van der Waals surface area contributed by atoms with Crippen LogP contribution in [0.4, 0.5) is 0 Å². The van der Waals surface area contributed by atoms with Gasteiger partial charge >= 0.3 is 49.7 Å².